The van der Waals surface area contributed by atoms with Crippen LogP contribution in [-0.2, 0) is 43.5 Å². The van der Waals surface area contributed by atoms with E-state index in [9.17, 15) is 5.11 Å². The lowest BCUT2D eigenvalue weighted by atomic mass is 9.98. The Balaban J connectivity index is 1.46. The third kappa shape index (κ3) is 6.79. The fourth-order valence-electron chi connectivity index (χ4n) is 4.47. The minimum Gasteiger partial charge on any atom is -0.387 e. The van der Waals surface area contributed by atoms with Gasteiger partial charge in [0, 0.05) is 7.11 Å². The second-order valence-corrected chi connectivity index (χ2v) is 9.18. The first-order valence-electron chi connectivity index (χ1n) is 12.4. The van der Waals surface area contributed by atoms with Gasteiger partial charge >= 0.3 is 0 Å². The smallest absolute Gasteiger partial charge is 0.186 e. The van der Waals surface area contributed by atoms with Crippen LogP contribution in [0.2, 0.25) is 0 Å². The molecule has 0 spiro atoms. The molecular weight excluding hydrogens is 456 g/mol. The number of hydrogen-bond donors (Lipinski definition) is 1. The van der Waals surface area contributed by atoms with Gasteiger partial charge < -0.3 is 28.8 Å². The van der Waals surface area contributed by atoms with Crippen LogP contribution in [-0.4, -0.2) is 49.5 Å². The molecule has 0 saturated carbocycles. The molecule has 0 bridgehead atoms. The van der Waals surface area contributed by atoms with Crippen molar-refractivity contribution in [2.45, 2.75) is 64.4 Å². The summed E-state index contributed by atoms with van der Waals surface area (Å²) in [5.41, 5.74) is 5.52. The minimum absolute atomic E-state index is 0.200. The number of hydrogen-bond acceptors (Lipinski definition) is 6. The van der Waals surface area contributed by atoms with E-state index in [-0.39, 0.29) is 6.61 Å². The Morgan fingerprint density at radius 1 is 0.722 bits per heavy atom. The molecule has 1 fully saturated rings. The molecule has 1 aliphatic rings. The number of aryl methyl sites for hydroxylation is 2. The molecule has 6 nitrogen and oxygen atoms in total. The Kier molecular flexibility index (Phi) is 9.64. The lowest BCUT2D eigenvalue weighted by Crippen LogP contribution is -2.60. The van der Waals surface area contributed by atoms with Crippen LogP contribution in [0.5, 0.6) is 0 Å². The van der Waals surface area contributed by atoms with Gasteiger partial charge in [-0.2, -0.15) is 0 Å². The molecule has 36 heavy (non-hydrogen) atoms. The highest BCUT2D eigenvalue weighted by molar-refractivity contribution is 5.32. The summed E-state index contributed by atoms with van der Waals surface area (Å²) in [6.07, 6.45) is -3.59. The summed E-state index contributed by atoms with van der Waals surface area (Å²) in [5, 5.41) is 11.3. The van der Waals surface area contributed by atoms with Crippen molar-refractivity contribution in [3.63, 3.8) is 0 Å². The normalized spacial score (nSPS) is 24.1. The Bertz CT molecular complexity index is 1040. The zero-order valence-electron chi connectivity index (χ0n) is 21.2. The molecule has 0 radical (unpaired) electrons. The second kappa shape index (κ2) is 13.1. The van der Waals surface area contributed by atoms with Gasteiger partial charge in [-0.15, -0.1) is 0 Å². The van der Waals surface area contributed by atoms with Crippen molar-refractivity contribution >= 4 is 0 Å². The van der Waals surface area contributed by atoms with Crippen molar-refractivity contribution in [3.05, 3.63) is 107 Å². The summed E-state index contributed by atoms with van der Waals surface area (Å²) in [6, 6.07) is 25.9. The van der Waals surface area contributed by atoms with Crippen molar-refractivity contribution in [1.82, 2.24) is 0 Å². The van der Waals surface area contributed by atoms with Crippen molar-refractivity contribution < 1.29 is 28.8 Å². The van der Waals surface area contributed by atoms with Crippen molar-refractivity contribution in [2.24, 2.45) is 0 Å². The van der Waals surface area contributed by atoms with E-state index in [1.54, 1.807) is 7.11 Å². The molecule has 1 saturated heterocycles. The highest BCUT2D eigenvalue weighted by Crippen LogP contribution is 2.29. The summed E-state index contributed by atoms with van der Waals surface area (Å²) in [7, 11) is 1.57. The molecule has 0 unspecified atom stereocenters. The first kappa shape index (κ1) is 26.5. The molecule has 1 heterocycles. The Morgan fingerprint density at radius 2 is 1.28 bits per heavy atom. The maximum absolute atomic E-state index is 11.3. The quantitative estimate of drug-likeness (QED) is 0.418. The highest BCUT2D eigenvalue weighted by atomic mass is 16.7. The summed E-state index contributed by atoms with van der Waals surface area (Å²) in [4.78, 5) is 0. The summed E-state index contributed by atoms with van der Waals surface area (Å²) in [6.45, 7) is 5.46. The van der Waals surface area contributed by atoms with E-state index < -0.39 is 30.7 Å². The number of aliphatic hydroxyl groups excluding tert-OH is 1. The van der Waals surface area contributed by atoms with Gasteiger partial charge in [0.05, 0.1) is 26.4 Å². The van der Waals surface area contributed by atoms with E-state index >= 15 is 0 Å². The highest BCUT2D eigenvalue weighted by Gasteiger charge is 2.47. The average molecular weight is 493 g/mol. The van der Waals surface area contributed by atoms with E-state index in [4.69, 9.17) is 23.7 Å². The zero-order chi connectivity index (χ0) is 25.3. The van der Waals surface area contributed by atoms with Gasteiger partial charge in [-0.3, -0.25) is 0 Å². The van der Waals surface area contributed by atoms with Crippen LogP contribution < -0.4 is 0 Å². The van der Waals surface area contributed by atoms with Crippen molar-refractivity contribution in [3.8, 4) is 0 Å². The van der Waals surface area contributed by atoms with Crippen molar-refractivity contribution in [2.75, 3.05) is 13.7 Å². The minimum atomic E-state index is -0.959. The molecule has 3 aromatic rings. The third-order valence-corrected chi connectivity index (χ3v) is 6.59. The van der Waals surface area contributed by atoms with Crippen LogP contribution in [0.4, 0.5) is 0 Å². The van der Waals surface area contributed by atoms with E-state index in [1.807, 2.05) is 66.7 Å². The standard InChI is InChI=1S/C30H36O6/c1-21-11-10-12-22(2)25(21)19-33-20-26-27(31)28(34-17-23-13-6-4-7-14-23)29(30(32-3)36-26)35-18-24-15-8-5-9-16-24/h4-16,26-31H,17-20H2,1-3H3/t26-,27-,28+,29+,30+/m1/s1. The van der Waals surface area contributed by atoms with E-state index in [0.29, 0.717) is 19.8 Å². The molecule has 4 rings (SSSR count). The van der Waals surface area contributed by atoms with Crippen LogP contribution in [0.15, 0.2) is 78.9 Å². The van der Waals surface area contributed by atoms with Crippen molar-refractivity contribution in [1.29, 1.82) is 0 Å². The van der Waals surface area contributed by atoms with E-state index in [0.717, 1.165) is 16.7 Å². The monoisotopic (exact) mass is 492 g/mol. The maximum atomic E-state index is 11.3. The molecule has 192 valence electrons. The fraction of sp³-hybridized carbons (Fsp3) is 0.400. The average Bonchev–Trinajstić information content (AvgIpc) is 2.90. The van der Waals surface area contributed by atoms with Crippen LogP contribution >= 0.6 is 0 Å². The Hall–Kier alpha value is -2.58. The number of rotatable bonds is 11. The third-order valence-electron chi connectivity index (χ3n) is 6.59. The lowest BCUT2D eigenvalue weighted by molar-refractivity contribution is -0.315. The van der Waals surface area contributed by atoms with Crippen LogP contribution in [0.1, 0.15) is 27.8 Å². The van der Waals surface area contributed by atoms with Crippen LogP contribution in [0.25, 0.3) is 0 Å². The predicted octanol–water partition coefficient (Wildman–Crippen LogP) is 4.72. The molecular formula is C30H36O6. The number of benzene rings is 3. The van der Waals surface area contributed by atoms with Gasteiger partial charge in [-0.05, 0) is 41.7 Å². The molecule has 0 aliphatic carbocycles. The summed E-state index contributed by atoms with van der Waals surface area (Å²) < 4.78 is 30.3. The van der Waals surface area contributed by atoms with Gasteiger partial charge in [0.25, 0.3) is 0 Å². The largest absolute Gasteiger partial charge is 0.387 e. The Labute approximate surface area is 213 Å². The van der Waals surface area contributed by atoms with Gasteiger partial charge in [0.1, 0.15) is 24.4 Å². The molecule has 3 aromatic carbocycles. The van der Waals surface area contributed by atoms with Crippen LogP contribution in [0, 0.1) is 13.8 Å². The van der Waals surface area contributed by atoms with E-state index in [1.165, 1.54) is 11.1 Å². The molecule has 5 atom stereocenters. The van der Waals surface area contributed by atoms with Gasteiger partial charge in [0.15, 0.2) is 6.29 Å². The molecule has 6 heteroatoms. The van der Waals surface area contributed by atoms with Gasteiger partial charge in [0.2, 0.25) is 0 Å². The predicted molar refractivity (Wildman–Crippen MR) is 137 cm³/mol. The van der Waals surface area contributed by atoms with Gasteiger partial charge in [-0.1, -0.05) is 78.9 Å². The topological polar surface area (TPSA) is 66.4 Å². The molecule has 0 amide bonds. The zero-order valence-corrected chi connectivity index (χ0v) is 21.2. The fourth-order valence-corrected chi connectivity index (χ4v) is 4.47. The number of methoxy groups -OCH3 is 1. The summed E-state index contributed by atoms with van der Waals surface area (Å²) in [5.74, 6) is 0. The summed E-state index contributed by atoms with van der Waals surface area (Å²) >= 11 is 0. The van der Waals surface area contributed by atoms with Crippen LogP contribution in [0.3, 0.4) is 0 Å². The first-order valence-corrected chi connectivity index (χ1v) is 12.4. The SMILES string of the molecule is CO[C@H]1O[C@H](COCc2c(C)cccc2C)[C@@H](O)[C@H](OCc2ccccc2)[C@@H]1OCc1ccccc1. The molecule has 1 N–H and O–H groups in total. The Morgan fingerprint density at radius 3 is 1.83 bits per heavy atom. The first-order chi connectivity index (χ1) is 17.6. The maximum Gasteiger partial charge on any atom is 0.186 e. The second-order valence-electron chi connectivity index (χ2n) is 9.18. The number of aliphatic hydroxyl groups is 1. The lowest BCUT2D eigenvalue weighted by Gasteiger charge is -2.43. The van der Waals surface area contributed by atoms with E-state index in [2.05, 4.69) is 26.0 Å². The van der Waals surface area contributed by atoms with Gasteiger partial charge in [-0.25, -0.2) is 0 Å². The number of ether oxygens (including phenoxy) is 5. The molecule has 0 aromatic heterocycles. The molecule has 1 aliphatic heterocycles.